The molecule has 0 saturated heterocycles. The van der Waals surface area contributed by atoms with Gasteiger partial charge < -0.3 is 5.32 Å². The van der Waals surface area contributed by atoms with Gasteiger partial charge in [0.1, 0.15) is 5.82 Å². The van der Waals surface area contributed by atoms with E-state index in [2.05, 4.69) is 33.9 Å². The third kappa shape index (κ3) is 3.49. The van der Waals surface area contributed by atoms with Gasteiger partial charge in [-0.25, -0.2) is 4.39 Å². The molecular weight excluding hydrogens is 353 g/mol. The third-order valence-corrected chi connectivity index (χ3v) is 3.58. The minimum atomic E-state index is -0.545. The van der Waals surface area contributed by atoms with E-state index in [1.54, 1.807) is 18.2 Å². The Balaban J connectivity index is 2.30. The Morgan fingerprint density at radius 3 is 2.74 bits per heavy atom. The van der Waals surface area contributed by atoms with Crippen molar-refractivity contribution in [3.8, 4) is 0 Å². The summed E-state index contributed by atoms with van der Waals surface area (Å²) in [6, 6.07) is 8.99. The van der Waals surface area contributed by atoms with Crippen molar-refractivity contribution >= 4 is 51.8 Å². The number of thiol groups is 1. The number of carbonyl (C=O) groups is 1. The van der Waals surface area contributed by atoms with Gasteiger partial charge in [0.15, 0.2) is 0 Å². The highest BCUT2D eigenvalue weighted by Gasteiger charge is 2.13. The highest BCUT2D eigenvalue weighted by molar-refractivity contribution is 9.10. The molecule has 0 bridgehead atoms. The van der Waals surface area contributed by atoms with E-state index in [0.717, 1.165) is 0 Å². The summed E-state index contributed by atoms with van der Waals surface area (Å²) in [5.41, 5.74) is 0.404. The van der Waals surface area contributed by atoms with Gasteiger partial charge in [0.05, 0.1) is 11.3 Å². The van der Waals surface area contributed by atoms with Gasteiger partial charge in [-0.15, -0.1) is 12.6 Å². The molecule has 1 N–H and O–H groups in total. The Bertz CT molecular complexity index is 651. The Kier molecular flexibility index (Phi) is 4.50. The van der Waals surface area contributed by atoms with Crippen LogP contribution < -0.4 is 5.32 Å². The molecule has 0 aromatic heterocycles. The van der Waals surface area contributed by atoms with Crippen molar-refractivity contribution in [1.29, 1.82) is 0 Å². The van der Waals surface area contributed by atoms with Crippen LogP contribution in [0.3, 0.4) is 0 Å². The van der Waals surface area contributed by atoms with Crippen LogP contribution in [0, 0.1) is 5.82 Å². The number of benzene rings is 2. The Morgan fingerprint density at radius 1 is 1.26 bits per heavy atom. The number of halogens is 3. The van der Waals surface area contributed by atoms with Gasteiger partial charge in [0.25, 0.3) is 5.91 Å². The van der Waals surface area contributed by atoms with E-state index in [0.29, 0.717) is 20.0 Å². The maximum Gasteiger partial charge on any atom is 0.256 e. The lowest BCUT2D eigenvalue weighted by Crippen LogP contribution is -2.13. The highest BCUT2D eigenvalue weighted by atomic mass is 79.9. The predicted octanol–water partition coefficient (Wildman–Crippen LogP) is 4.78. The van der Waals surface area contributed by atoms with Gasteiger partial charge in [-0.05, 0) is 52.3 Å². The average molecular weight is 361 g/mol. The fourth-order valence-corrected chi connectivity index (χ4v) is 2.27. The van der Waals surface area contributed by atoms with Crippen LogP contribution in [0.1, 0.15) is 10.4 Å². The largest absolute Gasteiger partial charge is 0.319 e. The van der Waals surface area contributed by atoms with Crippen LogP contribution >= 0.6 is 40.2 Å². The minimum Gasteiger partial charge on any atom is -0.319 e. The number of carbonyl (C=O) groups excluding carboxylic acids is 1. The van der Waals surface area contributed by atoms with Crippen LogP contribution in [-0.4, -0.2) is 5.91 Å². The van der Waals surface area contributed by atoms with Crippen molar-refractivity contribution in [2.24, 2.45) is 0 Å². The molecule has 2 nitrogen and oxygen atoms in total. The number of anilines is 1. The topological polar surface area (TPSA) is 29.1 Å². The summed E-state index contributed by atoms with van der Waals surface area (Å²) in [6.45, 7) is 0. The van der Waals surface area contributed by atoms with E-state index < -0.39 is 11.7 Å². The monoisotopic (exact) mass is 359 g/mol. The molecule has 0 aliphatic carbocycles. The summed E-state index contributed by atoms with van der Waals surface area (Å²) in [5, 5.41) is 2.82. The quantitative estimate of drug-likeness (QED) is 0.741. The molecule has 98 valence electrons. The van der Waals surface area contributed by atoms with Crippen LogP contribution in [0.15, 0.2) is 45.8 Å². The highest BCUT2D eigenvalue weighted by Crippen LogP contribution is 2.24. The van der Waals surface area contributed by atoms with Crippen molar-refractivity contribution in [1.82, 2.24) is 0 Å². The Labute approximate surface area is 128 Å². The second-order valence-corrected chi connectivity index (χ2v) is 5.55. The lowest BCUT2D eigenvalue weighted by Gasteiger charge is -2.08. The first kappa shape index (κ1) is 14.4. The van der Waals surface area contributed by atoms with Crippen LogP contribution in [0.25, 0.3) is 0 Å². The van der Waals surface area contributed by atoms with Gasteiger partial charge in [0.2, 0.25) is 0 Å². The fraction of sp³-hybridized carbons (Fsp3) is 0. The Hall–Kier alpha value is -1.04. The second-order valence-electron chi connectivity index (χ2n) is 3.74. The Morgan fingerprint density at radius 2 is 2.00 bits per heavy atom. The van der Waals surface area contributed by atoms with Crippen LogP contribution in [0.4, 0.5) is 10.1 Å². The maximum atomic E-state index is 13.5. The lowest BCUT2D eigenvalue weighted by molar-refractivity contribution is 0.102. The first-order chi connectivity index (χ1) is 8.97. The number of hydrogen-bond donors (Lipinski definition) is 2. The number of hydrogen-bond acceptors (Lipinski definition) is 2. The van der Waals surface area contributed by atoms with Crippen molar-refractivity contribution in [3.63, 3.8) is 0 Å². The van der Waals surface area contributed by atoms with Gasteiger partial charge >= 0.3 is 0 Å². The second kappa shape index (κ2) is 5.94. The zero-order valence-corrected chi connectivity index (χ0v) is 12.7. The van der Waals surface area contributed by atoms with Crippen molar-refractivity contribution in [2.75, 3.05) is 5.32 Å². The first-order valence-corrected chi connectivity index (χ1v) is 6.84. The smallest absolute Gasteiger partial charge is 0.256 e. The molecule has 0 unspecified atom stereocenters. The van der Waals surface area contributed by atoms with E-state index in [9.17, 15) is 9.18 Å². The number of rotatable bonds is 2. The molecule has 0 spiro atoms. The predicted molar refractivity (Wildman–Crippen MR) is 80.8 cm³/mol. The molecule has 0 aliphatic heterocycles. The molecule has 0 radical (unpaired) electrons. The number of amides is 1. The van der Waals surface area contributed by atoms with Crippen molar-refractivity contribution in [2.45, 2.75) is 4.90 Å². The van der Waals surface area contributed by atoms with E-state index in [-0.39, 0.29) is 5.69 Å². The standard InChI is InChI=1S/C13H8BrClFNOS/c14-10-3-2-8(19)6-9(10)13(18)17-12-5-7(15)1-4-11(12)16/h1-6,19H,(H,17,18). The summed E-state index contributed by atoms with van der Waals surface area (Å²) in [5.74, 6) is -0.986. The van der Waals surface area contributed by atoms with Crippen molar-refractivity contribution < 1.29 is 9.18 Å². The molecule has 0 saturated carbocycles. The van der Waals surface area contributed by atoms with E-state index >= 15 is 0 Å². The van der Waals surface area contributed by atoms with Crippen LogP contribution in [0.2, 0.25) is 5.02 Å². The van der Waals surface area contributed by atoms with E-state index in [1.165, 1.54) is 18.2 Å². The fourth-order valence-electron chi connectivity index (χ4n) is 1.47. The summed E-state index contributed by atoms with van der Waals surface area (Å²) < 4.78 is 14.1. The van der Waals surface area contributed by atoms with Gasteiger partial charge in [-0.3, -0.25) is 4.79 Å². The van der Waals surface area contributed by atoms with Crippen LogP contribution in [0.5, 0.6) is 0 Å². The molecule has 2 rings (SSSR count). The average Bonchev–Trinajstić information content (AvgIpc) is 2.36. The van der Waals surface area contributed by atoms with E-state index in [1.807, 2.05) is 0 Å². The molecule has 6 heteroatoms. The summed E-state index contributed by atoms with van der Waals surface area (Å²) >= 11 is 13.2. The van der Waals surface area contributed by atoms with Gasteiger partial charge in [-0.1, -0.05) is 11.6 Å². The van der Waals surface area contributed by atoms with E-state index in [4.69, 9.17) is 11.6 Å². The molecule has 1 amide bonds. The number of nitrogens with one attached hydrogen (secondary N) is 1. The summed E-state index contributed by atoms with van der Waals surface area (Å²) in [4.78, 5) is 12.7. The first-order valence-electron chi connectivity index (χ1n) is 5.22. The molecule has 0 fully saturated rings. The molecule has 2 aromatic rings. The van der Waals surface area contributed by atoms with Crippen molar-refractivity contribution in [3.05, 3.63) is 57.3 Å². The molecule has 0 atom stereocenters. The SMILES string of the molecule is O=C(Nc1cc(Cl)ccc1F)c1cc(S)ccc1Br. The normalized spacial score (nSPS) is 10.3. The molecular formula is C13H8BrClFNOS. The summed E-state index contributed by atoms with van der Waals surface area (Å²) in [7, 11) is 0. The maximum absolute atomic E-state index is 13.5. The zero-order valence-electron chi connectivity index (χ0n) is 9.45. The van der Waals surface area contributed by atoms with Gasteiger partial charge in [0, 0.05) is 14.4 Å². The van der Waals surface area contributed by atoms with Gasteiger partial charge in [-0.2, -0.15) is 0 Å². The van der Waals surface area contributed by atoms with Crippen LogP contribution in [-0.2, 0) is 0 Å². The molecule has 0 aliphatic rings. The molecule has 2 aromatic carbocycles. The summed E-state index contributed by atoms with van der Waals surface area (Å²) in [6.07, 6.45) is 0. The minimum absolute atomic E-state index is 0.0361. The molecule has 19 heavy (non-hydrogen) atoms. The zero-order chi connectivity index (χ0) is 14.0. The third-order valence-electron chi connectivity index (χ3n) is 2.37. The molecule has 0 heterocycles. The lowest BCUT2D eigenvalue weighted by atomic mass is 10.2.